The number of carbonyl (C=O) groups excluding carboxylic acids is 1. The number of nitrogens with one attached hydrogen (secondary N) is 2. The summed E-state index contributed by atoms with van der Waals surface area (Å²) in [5.41, 5.74) is 7.33. The number of rotatable bonds is 6. The molecule has 2 aromatic heterocycles. The molecule has 12 heteroatoms. The van der Waals surface area contributed by atoms with Gasteiger partial charge in [0.25, 0.3) is 0 Å². The second kappa shape index (κ2) is 10.6. The van der Waals surface area contributed by atoms with Crippen molar-refractivity contribution in [1.29, 1.82) is 0 Å². The van der Waals surface area contributed by atoms with Gasteiger partial charge in [0.1, 0.15) is 5.52 Å². The number of aromatic nitrogens is 4. The molecule has 2 atom stereocenters. The Bertz CT molecular complexity index is 1250. The molecule has 0 aliphatic heterocycles. The highest BCUT2D eigenvalue weighted by Crippen LogP contribution is 2.40. The molecule has 36 heavy (non-hydrogen) atoms. The van der Waals surface area contributed by atoms with Crippen molar-refractivity contribution in [2.45, 2.75) is 69.6 Å². The van der Waals surface area contributed by atoms with E-state index in [2.05, 4.69) is 15.6 Å². The van der Waals surface area contributed by atoms with Gasteiger partial charge in [0.05, 0.1) is 28.0 Å². The zero-order valence-electron chi connectivity index (χ0n) is 19.6. The van der Waals surface area contributed by atoms with Crippen molar-refractivity contribution in [2.24, 2.45) is 11.7 Å². The lowest BCUT2D eigenvalue weighted by Gasteiger charge is -2.29. The number of primary amides is 1. The van der Waals surface area contributed by atoms with Gasteiger partial charge in [-0.1, -0.05) is 34.8 Å². The van der Waals surface area contributed by atoms with E-state index < -0.39 is 0 Å². The number of aliphatic hydroxyl groups is 1. The summed E-state index contributed by atoms with van der Waals surface area (Å²) in [5.74, 6) is 0.628. The van der Waals surface area contributed by atoms with Crippen LogP contribution in [0.25, 0.3) is 11.2 Å². The van der Waals surface area contributed by atoms with Crippen LogP contribution >= 0.6 is 34.8 Å². The van der Waals surface area contributed by atoms with Gasteiger partial charge < -0.3 is 21.5 Å². The largest absolute Gasteiger partial charge is 0.393 e. The third kappa shape index (κ3) is 5.34. The zero-order valence-corrected chi connectivity index (χ0v) is 21.8. The molecule has 9 nitrogen and oxygen atoms in total. The Morgan fingerprint density at radius 3 is 2.44 bits per heavy atom. The summed E-state index contributed by atoms with van der Waals surface area (Å²) >= 11 is 19.0. The second-order valence-corrected chi connectivity index (χ2v) is 10.9. The summed E-state index contributed by atoms with van der Waals surface area (Å²) in [6.07, 6.45) is 7.65. The highest BCUT2D eigenvalue weighted by molar-refractivity contribution is 6.41. The van der Waals surface area contributed by atoms with E-state index in [9.17, 15) is 9.90 Å². The average Bonchev–Trinajstić information content (AvgIpc) is 3.18. The first kappa shape index (κ1) is 25.3. The Labute approximate surface area is 223 Å². The third-order valence-corrected chi connectivity index (χ3v) is 7.93. The molecule has 2 aliphatic carbocycles. The van der Waals surface area contributed by atoms with Crippen molar-refractivity contribution in [3.8, 4) is 0 Å². The summed E-state index contributed by atoms with van der Waals surface area (Å²) < 4.78 is 2.04. The fourth-order valence-corrected chi connectivity index (χ4v) is 6.18. The molecule has 0 bridgehead atoms. The van der Waals surface area contributed by atoms with E-state index >= 15 is 0 Å². The number of nitrogens with two attached hydrogens (primary N) is 1. The van der Waals surface area contributed by atoms with Crippen LogP contribution in [0, 0.1) is 5.92 Å². The van der Waals surface area contributed by atoms with Crippen LogP contribution in [0.4, 0.5) is 17.6 Å². The van der Waals surface area contributed by atoms with E-state index in [1.54, 1.807) is 18.3 Å². The van der Waals surface area contributed by atoms with Crippen LogP contribution < -0.4 is 16.4 Å². The van der Waals surface area contributed by atoms with E-state index in [4.69, 9.17) is 50.5 Å². The molecule has 0 spiro atoms. The topological polar surface area (TPSA) is 131 Å². The monoisotopic (exact) mass is 551 g/mol. The van der Waals surface area contributed by atoms with Crippen molar-refractivity contribution in [1.82, 2.24) is 19.5 Å². The standard InChI is InChI=1S/C24H28Cl3N7O2/c25-13-8-17(26)20(18(27)9-13)32-24-31-19-11-29-23(30-14-2-1-3-16(35)10-14)33-22(19)34(24)15-6-4-12(5-7-15)21(28)36/h8-9,11-12,14-16,35H,1-7,10H2,(H2,28,36)(H,31,32)(H,29,30,33)/t12-,14-,15-,16-/m0/s1. The Morgan fingerprint density at radius 1 is 1.06 bits per heavy atom. The average molecular weight is 553 g/mol. The van der Waals surface area contributed by atoms with E-state index in [0.717, 1.165) is 32.1 Å². The molecule has 5 rings (SSSR count). The van der Waals surface area contributed by atoms with Crippen LogP contribution in [0.15, 0.2) is 18.3 Å². The van der Waals surface area contributed by atoms with Crippen molar-refractivity contribution in [3.63, 3.8) is 0 Å². The predicted octanol–water partition coefficient (Wildman–Crippen LogP) is 5.46. The highest BCUT2D eigenvalue weighted by atomic mass is 35.5. The van der Waals surface area contributed by atoms with Crippen molar-refractivity contribution in [2.75, 3.05) is 10.6 Å². The van der Waals surface area contributed by atoms with E-state index in [-0.39, 0.29) is 30.0 Å². The minimum Gasteiger partial charge on any atom is -0.393 e. The number of aliphatic hydroxyl groups excluding tert-OH is 1. The van der Waals surface area contributed by atoms with Gasteiger partial charge in [-0.3, -0.25) is 9.36 Å². The number of benzene rings is 1. The molecule has 2 fully saturated rings. The SMILES string of the molecule is NC(=O)[C@H]1CC[C@H](n2c(Nc3c(Cl)cc(Cl)cc3Cl)nc3cnc(N[C@H]4CCC[C@H](O)C4)nc32)CC1. The van der Waals surface area contributed by atoms with Gasteiger partial charge in [-0.25, -0.2) is 9.97 Å². The Balaban J connectivity index is 1.51. The molecule has 0 saturated heterocycles. The number of amides is 1. The zero-order chi connectivity index (χ0) is 25.4. The van der Waals surface area contributed by atoms with E-state index in [0.29, 0.717) is 63.1 Å². The fourth-order valence-electron chi connectivity index (χ4n) is 5.26. The number of imidazole rings is 1. The molecule has 0 unspecified atom stereocenters. The maximum absolute atomic E-state index is 11.7. The maximum atomic E-state index is 11.7. The molecule has 0 radical (unpaired) electrons. The van der Waals surface area contributed by atoms with Gasteiger partial charge in [0.2, 0.25) is 17.8 Å². The first-order chi connectivity index (χ1) is 17.3. The number of halogens is 3. The minimum absolute atomic E-state index is 0.0391. The molecular weight excluding hydrogens is 525 g/mol. The van der Waals surface area contributed by atoms with Crippen LogP contribution in [0.1, 0.15) is 57.4 Å². The smallest absolute Gasteiger partial charge is 0.224 e. The van der Waals surface area contributed by atoms with Crippen LogP contribution in [0.3, 0.4) is 0 Å². The maximum Gasteiger partial charge on any atom is 0.224 e. The lowest BCUT2D eigenvalue weighted by Crippen LogP contribution is -2.30. The molecular formula is C24H28Cl3N7O2. The summed E-state index contributed by atoms with van der Waals surface area (Å²) in [7, 11) is 0. The Morgan fingerprint density at radius 2 is 1.78 bits per heavy atom. The number of nitrogens with zero attached hydrogens (tertiary/aromatic N) is 4. The lowest BCUT2D eigenvalue weighted by atomic mass is 9.85. The minimum atomic E-state index is -0.310. The van der Waals surface area contributed by atoms with Crippen molar-refractivity contribution < 1.29 is 9.90 Å². The first-order valence-corrected chi connectivity index (χ1v) is 13.3. The Hall–Kier alpha value is -2.33. The van der Waals surface area contributed by atoms with Gasteiger partial charge in [0.15, 0.2) is 5.65 Å². The molecule has 5 N–H and O–H groups in total. The van der Waals surface area contributed by atoms with E-state index in [1.807, 2.05) is 4.57 Å². The Kier molecular flexibility index (Phi) is 7.44. The van der Waals surface area contributed by atoms with Gasteiger partial charge >= 0.3 is 0 Å². The van der Waals surface area contributed by atoms with Gasteiger partial charge in [-0.2, -0.15) is 4.98 Å². The molecule has 2 aliphatic rings. The van der Waals surface area contributed by atoms with E-state index in [1.165, 1.54) is 0 Å². The quantitative estimate of drug-likeness (QED) is 0.319. The number of anilines is 3. The highest BCUT2D eigenvalue weighted by Gasteiger charge is 2.30. The summed E-state index contributed by atoms with van der Waals surface area (Å²) in [5, 5.41) is 17.9. The summed E-state index contributed by atoms with van der Waals surface area (Å²) in [4.78, 5) is 25.8. The molecule has 192 valence electrons. The molecule has 1 amide bonds. The second-order valence-electron chi connectivity index (χ2n) is 9.65. The number of hydrogen-bond donors (Lipinski definition) is 4. The lowest BCUT2D eigenvalue weighted by molar-refractivity contribution is -0.122. The molecule has 1 aromatic carbocycles. The fraction of sp³-hybridized carbons (Fsp3) is 0.500. The summed E-state index contributed by atoms with van der Waals surface area (Å²) in [6, 6.07) is 3.38. The van der Waals surface area contributed by atoms with Gasteiger partial charge in [0, 0.05) is 23.0 Å². The third-order valence-electron chi connectivity index (χ3n) is 7.12. The predicted molar refractivity (Wildman–Crippen MR) is 142 cm³/mol. The van der Waals surface area contributed by atoms with Crippen LogP contribution in [0.2, 0.25) is 15.1 Å². The van der Waals surface area contributed by atoms with Gasteiger partial charge in [-0.15, -0.1) is 0 Å². The molecule has 2 saturated carbocycles. The number of hydrogen-bond acceptors (Lipinski definition) is 7. The molecule has 2 heterocycles. The normalized spacial score (nSPS) is 24.6. The van der Waals surface area contributed by atoms with Crippen LogP contribution in [0.5, 0.6) is 0 Å². The summed E-state index contributed by atoms with van der Waals surface area (Å²) in [6.45, 7) is 0. The number of fused-ring (bicyclic) bond motifs is 1. The van der Waals surface area contributed by atoms with Crippen molar-refractivity contribution in [3.05, 3.63) is 33.4 Å². The van der Waals surface area contributed by atoms with Crippen LogP contribution in [-0.2, 0) is 4.79 Å². The van der Waals surface area contributed by atoms with Crippen LogP contribution in [-0.4, -0.2) is 42.7 Å². The molecule has 3 aromatic rings. The first-order valence-electron chi connectivity index (χ1n) is 12.2. The number of carbonyl (C=O) groups is 1. The van der Waals surface area contributed by atoms with Gasteiger partial charge in [-0.05, 0) is 63.5 Å². The van der Waals surface area contributed by atoms with Crippen molar-refractivity contribution >= 4 is 69.5 Å².